The van der Waals surface area contributed by atoms with E-state index < -0.39 is 0 Å². The maximum atomic E-state index is 13.6. The molecule has 0 spiro atoms. The first-order valence-corrected chi connectivity index (χ1v) is 11.1. The third-order valence-electron chi connectivity index (χ3n) is 5.82. The Kier molecular flexibility index (Phi) is 5.62. The molecule has 1 saturated heterocycles. The summed E-state index contributed by atoms with van der Waals surface area (Å²) in [6.45, 7) is 4.68. The number of carbonyl (C=O) groups excluding carboxylic acids is 1. The van der Waals surface area contributed by atoms with Crippen LogP contribution in [0.3, 0.4) is 0 Å². The minimum atomic E-state index is -0.218. The monoisotopic (exact) mass is 442 g/mol. The molecule has 1 aliphatic rings. The zero-order chi connectivity index (χ0) is 22.9. The molecule has 1 aliphatic heterocycles. The van der Waals surface area contributed by atoms with Crippen LogP contribution in [-0.2, 0) is 4.84 Å². The molecule has 0 bridgehead atoms. The van der Waals surface area contributed by atoms with E-state index in [-0.39, 0.29) is 18.2 Å². The highest BCUT2D eigenvalue weighted by Crippen LogP contribution is 2.35. The van der Waals surface area contributed by atoms with Crippen molar-refractivity contribution in [3.05, 3.63) is 66.6 Å². The van der Waals surface area contributed by atoms with Crippen molar-refractivity contribution in [2.24, 2.45) is 0 Å². The van der Waals surface area contributed by atoms with Gasteiger partial charge in [0.2, 0.25) is 0 Å². The molecule has 0 saturated carbocycles. The quantitative estimate of drug-likeness (QED) is 0.502. The molecule has 33 heavy (non-hydrogen) atoms. The van der Waals surface area contributed by atoms with Crippen molar-refractivity contribution in [2.75, 3.05) is 13.6 Å². The summed E-state index contributed by atoms with van der Waals surface area (Å²) in [6, 6.07) is 13.8. The fourth-order valence-electron chi connectivity index (χ4n) is 4.25. The van der Waals surface area contributed by atoms with E-state index in [9.17, 15) is 4.79 Å². The number of hydrogen-bond donors (Lipinski definition) is 1. The predicted molar refractivity (Wildman–Crippen MR) is 126 cm³/mol. The van der Waals surface area contributed by atoms with Crippen molar-refractivity contribution >= 4 is 16.9 Å². The molecule has 8 heteroatoms. The topological polar surface area (TPSA) is 85.2 Å². The lowest BCUT2D eigenvalue weighted by Crippen LogP contribution is -2.31. The number of hydrogen-bond acceptors (Lipinski definition) is 6. The Balaban J connectivity index is 1.77. The minimum absolute atomic E-state index is 0.0485. The molecular formula is C25H26N6O2. The second-order valence-corrected chi connectivity index (χ2v) is 8.30. The van der Waals surface area contributed by atoms with E-state index in [0.29, 0.717) is 17.6 Å². The standard InChI is InChI=1S/C25H26N6O2/c1-16(2)31-23-19(25(32)30-13-11-20(26-3)33-30)15-28-21(17-8-5-4-6-9-17)22(23)29-24(31)18-10-7-12-27-14-18/h4-10,12,14-16,20,26H,11,13H2,1-3H3. The first kappa shape index (κ1) is 21.2. The largest absolute Gasteiger partial charge is 0.321 e. The zero-order valence-corrected chi connectivity index (χ0v) is 18.9. The molecule has 4 aromatic rings. The number of aromatic nitrogens is 4. The van der Waals surface area contributed by atoms with E-state index in [2.05, 4.69) is 28.7 Å². The Bertz CT molecular complexity index is 1290. The Hall–Kier alpha value is -3.62. The van der Waals surface area contributed by atoms with Gasteiger partial charge in [-0.1, -0.05) is 30.3 Å². The second-order valence-electron chi connectivity index (χ2n) is 8.30. The van der Waals surface area contributed by atoms with E-state index >= 15 is 0 Å². The number of hydroxylamine groups is 2. The summed E-state index contributed by atoms with van der Waals surface area (Å²) in [5, 5.41) is 4.48. The van der Waals surface area contributed by atoms with Crippen LogP contribution in [0.15, 0.2) is 61.1 Å². The Labute approximate surface area is 192 Å². The average Bonchev–Trinajstić information content (AvgIpc) is 3.49. The molecule has 3 aromatic heterocycles. The van der Waals surface area contributed by atoms with Crippen LogP contribution in [0.1, 0.15) is 36.7 Å². The van der Waals surface area contributed by atoms with Crippen molar-refractivity contribution in [3.8, 4) is 22.6 Å². The highest BCUT2D eigenvalue weighted by molar-refractivity contribution is 6.08. The zero-order valence-electron chi connectivity index (χ0n) is 18.9. The number of carbonyl (C=O) groups is 1. The lowest BCUT2D eigenvalue weighted by molar-refractivity contribution is -0.119. The second kappa shape index (κ2) is 8.73. The Morgan fingerprint density at radius 3 is 2.58 bits per heavy atom. The van der Waals surface area contributed by atoms with Gasteiger partial charge in [0, 0.05) is 42.2 Å². The van der Waals surface area contributed by atoms with Crippen molar-refractivity contribution < 1.29 is 9.63 Å². The maximum Gasteiger partial charge on any atom is 0.281 e. The normalized spacial score (nSPS) is 16.1. The van der Waals surface area contributed by atoms with Crippen molar-refractivity contribution in [3.63, 3.8) is 0 Å². The highest BCUT2D eigenvalue weighted by Gasteiger charge is 2.31. The van der Waals surface area contributed by atoms with E-state index in [1.807, 2.05) is 49.5 Å². The first-order chi connectivity index (χ1) is 16.1. The maximum absolute atomic E-state index is 13.6. The van der Waals surface area contributed by atoms with Gasteiger partial charge in [-0.05, 0) is 33.0 Å². The summed E-state index contributed by atoms with van der Waals surface area (Å²) >= 11 is 0. The summed E-state index contributed by atoms with van der Waals surface area (Å²) in [6.07, 6.45) is 5.72. The molecule has 1 fully saturated rings. The third-order valence-corrected chi connectivity index (χ3v) is 5.82. The Morgan fingerprint density at radius 2 is 1.91 bits per heavy atom. The van der Waals surface area contributed by atoms with Crippen LogP contribution in [0.25, 0.3) is 33.7 Å². The van der Waals surface area contributed by atoms with Crippen LogP contribution in [0.5, 0.6) is 0 Å². The van der Waals surface area contributed by atoms with Gasteiger partial charge in [0.15, 0.2) is 0 Å². The average molecular weight is 443 g/mol. The van der Waals surface area contributed by atoms with Gasteiger partial charge < -0.3 is 4.57 Å². The van der Waals surface area contributed by atoms with Gasteiger partial charge in [0.05, 0.1) is 23.3 Å². The Morgan fingerprint density at radius 1 is 1.12 bits per heavy atom. The molecule has 1 amide bonds. The molecule has 5 rings (SSSR count). The van der Waals surface area contributed by atoms with E-state index in [4.69, 9.17) is 14.8 Å². The van der Waals surface area contributed by atoms with Crippen LogP contribution in [0.4, 0.5) is 0 Å². The number of benzene rings is 1. The lowest BCUT2D eigenvalue weighted by Gasteiger charge is -2.19. The van der Waals surface area contributed by atoms with Crippen molar-refractivity contribution in [1.82, 2.24) is 29.9 Å². The molecule has 1 atom stereocenters. The SMILES string of the molecule is CNC1CCN(C(=O)c2cnc(-c3ccccc3)c3nc(-c4cccnc4)n(C(C)C)c23)O1. The van der Waals surface area contributed by atoms with Crippen LogP contribution in [0.2, 0.25) is 0 Å². The fraction of sp³-hybridized carbons (Fsp3) is 0.280. The number of nitrogens with zero attached hydrogens (tertiary/aromatic N) is 5. The van der Waals surface area contributed by atoms with E-state index in [1.54, 1.807) is 18.6 Å². The van der Waals surface area contributed by atoms with Crippen LogP contribution >= 0.6 is 0 Å². The number of pyridine rings is 2. The molecule has 1 aromatic carbocycles. The molecule has 1 N–H and O–H groups in total. The van der Waals surface area contributed by atoms with Crippen molar-refractivity contribution in [2.45, 2.75) is 32.5 Å². The first-order valence-electron chi connectivity index (χ1n) is 11.1. The summed E-state index contributed by atoms with van der Waals surface area (Å²) in [5.41, 5.74) is 4.47. The summed E-state index contributed by atoms with van der Waals surface area (Å²) in [4.78, 5) is 33.4. The highest BCUT2D eigenvalue weighted by atomic mass is 16.7. The van der Waals surface area contributed by atoms with Gasteiger partial charge in [0.1, 0.15) is 17.6 Å². The molecule has 0 aliphatic carbocycles. The summed E-state index contributed by atoms with van der Waals surface area (Å²) in [7, 11) is 1.82. The van der Waals surface area contributed by atoms with Crippen LogP contribution in [-0.4, -0.2) is 50.3 Å². The number of fused-ring (bicyclic) bond motifs is 1. The van der Waals surface area contributed by atoms with Gasteiger partial charge >= 0.3 is 0 Å². The lowest BCUT2D eigenvalue weighted by atomic mass is 10.1. The van der Waals surface area contributed by atoms with Crippen molar-refractivity contribution in [1.29, 1.82) is 0 Å². The van der Waals surface area contributed by atoms with Gasteiger partial charge in [-0.3, -0.25) is 24.9 Å². The molecule has 8 nitrogen and oxygen atoms in total. The number of amides is 1. The predicted octanol–water partition coefficient (Wildman–Crippen LogP) is 4.06. The minimum Gasteiger partial charge on any atom is -0.321 e. The number of imidazole rings is 1. The number of rotatable bonds is 5. The molecule has 168 valence electrons. The molecular weight excluding hydrogens is 416 g/mol. The molecule has 4 heterocycles. The smallest absolute Gasteiger partial charge is 0.281 e. The van der Waals surface area contributed by atoms with E-state index in [0.717, 1.165) is 34.6 Å². The van der Waals surface area contributed by atoms with Gasteiger partial charge in [0.25, 0.3) is 5.91 Å². The fourth-order valence-corrected chi connectivity index (χ4v) is 4.25. The van der Waals surface area contributed by atoms with Gasteiger partial charge in [-0.25, -0.2) is 10.0 Å². The third kappa shape index (κ3) is 3.77. The van der Waals surface area contributed by atoms with Crippen LogP contribution < -0.4 is 5.32 Å². The molecule has 0 radical (unpaired) electrons. The van der Waals surface area contributed by atoms with Gasteiger partial charge in [-0.2, -0.15) is 0 Å². The van der Waals surface area contributed by atoms with Gasteiger partial charge in [-0.15, -0.1) is 0 Å². The van der Waals surface area contributed by atoms with Crippen LogP contribution in [0, 0.1) is 0 Å². The summed E-state index contributed by atoms with van der Waals surface area (Å²) < 4.78 is 2.10. The van der Waals surface area contributed by atoms with E-state index in [1.165, 1.54) is 5.06 Å². The molecule has 1 unspecified atom stereocenters. The number of nitrogens with one attached hydrogen (secondary N) is 1. The summed E-state index contributed by atoms with van der Waals surface area (Å²) in [5.74, 6) is 0.534.